The van der Waals surface area contributed by atoms with Gasteiger partial charge in [0.1, 0.15) is 6.61 Å². The summed E-state index contributed by atoms with van der Waals surface area (Å²) in [5, 5.41) is 10.4. The zero-order valence-electron chi connectivity index (χ0n) is 10.2. The highest BCUT2D eigenvalue weighted by Gasteiger charge is 2.27. The number of hydrogen-bond donors (Lipinski definition) is 1. The van der Waals surface area contributed by atoms with E-state index in [4.69, 9.17) is 9.84 Å². The minimum Gasteiger partial charge on any atom is -0.384 e. The summed E-state index contributed by atoms with van der Waals surface area (Å²) >= 11 is 1.42. The molecule has 0 radical (unpaired) electrons. The van der Waals surface area contributed by atoms with Crippen molar-refractivity contribution in [1.29, 1.82) is 0 Å². The van der Waals surface area contributed by atoms with E-state index in [0.717, 1.165) is 17.8 Å². The van der Waals surface area contributed by atoms with Crippen LogP contribution in [0.5, 0.6) is 0 Å². The largest absolute Gasteiger partial charge is 0.384 e. The van der Waals surface area contributed by atoms with Gasteiger partial charge in [0, 0.05) is 25.6 Å². The first-order valence-electron chi connectivity index (χ1n) is 5.75. The summed E-state index contributed by atoms with van der Waals surface area (Å²) in [6, 6.07) is 1.77. The van der Waals surface area contributed by atoms with Gasteiger partial charge >= 0.3 is 0 Å². The van der Waals surface area contributed by atoms with E-state index in [-0.39, 0.29) is 18.6 Å². The molecule has 18 heavy (non-hydrogen) atoms. The molecule has 4 nitrogen and oxygen atoms in total. The van der Waals surface area contributed by atoms with E-state index in [9.17, 15) is 4.79 Å². The lowest BCUT2D eigenvalue weighted by Crippen LogP contribution is -2.29. The maximum atomic E-state index is 12.2. The molecule has 1 aromatic heterocycles. The third-order valence-corrected chi connectivity index (χ3v) is 3.75. The topological polar surface area (TPSA) is 49.8 Å². The molecule has 1 aliphatic heterocycles. The van der Waals surface area contributed by atoms with E-state index in [0.29, 0.717) is 12.1 Å². The number of aliphatic hydroxyl groups is 1. The van der Waals surface area contributed by atoms with Crippen LogP contribution in [0.1, 0.15) is 21.7 Å². The minimum absolute atomic E-state index is 0.0304. The molecule has 0 saturated carbocycles. The Morgan fingerprint density at radius 1 is 1.72 bits per heavy atom. The molecule has 5 heteroatoms. The molecule has 1 aromatic rings. The highest BCUT2D eigenvalue weighted by atomic mass is 32.1. The van der Waals surface area contributed by atoms with Gasteiger partial charge in [-0.15, -0.1) is 11.3 Å². The first-order chi connectivity index (χ1) is 8.74. The summed E-state index contributed by atoms with van der Waals surface area (Å²) in [6.45, 7) is 1.23. The first-order valence-corrected chi connectivity index (χ1v) is 6.63. The molecule has 1 atom stereocenters. The summed E-state index contributed by atoms with van der Waals surface area (Å²) in [5.41, 5.74) is 0.666. The Bertz CT molecular complexity index is 486. The standard InChI is InChI=1S/C13H15NO3S/c1-17-11-4-5-14(8-11)13(16)10-7-12(18-9-10)3-2-6-15/h7,9,11,15H,4-6,8H2,1H3. The van der Waals surface area contributed by atoms with Crippen LogP contribution < -0.4 is 0 Å². The molecule has 1 N–H and O–H groups in total. The normalized spacial score (nSPS) is 18.6. The van der Waals surface area contributed by atoms with Gasteiger partial charge < -0.3 is 14.7 Å². The summed E-state index contributed by atoms with van der Waals surface area (Å²) in [5.74, 6) is 5.41. The van der Waals surface area contributed by atoms with E-state index in [2.05, 4.69) is 11.8 Å². The fraction of sp³-hybridized carbons (Fsp3) is 0.462. The zero-order chi connectivity index (χ0) is 13.0. The summed E-state index contributed by atoms with van der Waals surface area (Å²) in [7, 11) is 1.67. The molecule has 0 bridgehead atoms. The Labute approximate surface area is 110 Å². The molecule has 1 unspecified atom stereocenters. The third-order valence-electron chi connectivity index (χ3n) is 2.90. The van der Waals surface area contributed by atoms with Crippen LogP contribution in [0, 0.1) is 11.8 Å². The number of methoxy groups -OCH3 is 1. The molecule has 0 aliphatic carbocycles. The molecular weight excluding hydrogens is 250 g/mol. The number of thiophene rings is 1. The number of carbonyl (C=O) groups is 1. The predicted octanol–water partition coefficient (Wildman–Crippen LogP) is 0.953. The lowest BCUT2D eigenvalue weighted by molar-refractivity contribution is 0.0724. The van der Waals surface area contributed by atoms with Gasteiger partial charge in [-0.2, -0.15) is 0 Å². The Hall–Kier alpha value is -1.35. The zero-order valence-corrected chi connectivity index (χ0v) is 11.0. The van der Waals surface area contributed by atoms with Crippen LogP contribution in [-0.4, -0.2) is 48.8 Å². The van der Waals surface area contributed by atoms with Crippen LogP contribution in [0.25, 0.3) is 0 Å². The van der Waals surface area contributed by atoms with Crippen LogP contribution in [0.4, 0.5) is 0 Å². The fourth-order valence-corrected chi connectivity index (χ4v) is 2.68. The molecule has 96 valence electrons. The molecule has 2 rings (SSSR count). The van der Waals surface area contributed by atoms with Gasteiger partial charge in [0.2, 0.25) is 0 Å². The van der Waals surface area contributed by atoms with Crippen LogP contribution in [-0.2, 0) is 4.74 Å². The van der Waals surface area contributed by atoms with Gasteiger partial charge in [-0.05, 0) is 12.5 Å². The van der Waals surface area contributed by atoms with Crippen molar-refractivity contribution in [3.05, 3.63) is 21.9 Å². The lowest BCUT2D eigenvalue weighted by atomic mass is 10.2. The highest BCUT2D eigenvalue weighted by molar-refractivity contribution is 7.10. The van der Waals surface area contributed by atoms with Crippen molar-refractivity contribution in [1.82, 2.24) is 4.90 Å². The fourth-order valence-electron chi connectivity index (χ4n) is 1.93. The number of hydrogen-bond acceptors (Lipinski definition) is 4. The van der Waals surface area contributed by atoms with Crippen LogP contribution in [0.3, 0.4) is 0 Å². The molecule has 2 heterocycles. The van der Waals surface area contributed by atoms with E-state index >= 15 is 0 Å². The van der Waals surface area contributed by atoms with Crippen LogP contribution >= 0.6 is 11.3 Å². The van der Waals surface area contributed by atoms with Crippen LogP contribution in [0.15, 0.2) is 11.4 Å². The van der Waals surface area contributed by atoms with Crippen LogP contribution in [0.2, 0.25) is 0 Å². The first kappa shape index (κ1) is 13.1. The Morgan fingerprint density at radius 2 is 2.56 bits per heavy atom. The molecule has 0 spiro atoms. The van der Waals surface area contributed by atoms with Gasteiger partial charge in [-0.3, -0.25) is 4.79 Å². The third kappa shape index (κ3) is 2.91. The maximum absolute atomic E-state index is 12.2. The molecule has 1 amide bonds. The van der Waals surface area contributed by atoms with Crippen molar-refractivity contribution >= 4 is 17.2 Å². The smallest absolute Gasteiger partial charge is 0.254 e. The average molecular weight is 265 g/mol. The molecule has 1 saturated heterocycles. The van der Waals surface area contributed by atoms with E-state index in [1.54, 1.807) is 18.1 Å². The summed E-state index contributed by atoms with van der Waals surface area (Å²) < 4.78 is 5.24. The minimum atomic E-state index is -0.164. The van der Waals surface area contributed by atoms with Gasteiger partial charge in [0.25, 0.3) is 5.91 Å². The van der Waals surface area contributed by atoms with E-state index in [1.807, 2.05) is 5.38 Å². The van der Waals surface area contributed by atoms with E-state index in [1.165, 1.54) is 11.3 Å². The number of ether oxygens (including phenoxy) is 1. The van der Waals surface area contributed by atoms with Crippen molar-refractivity contribution in [2.24, 2.45) is 0 Å². The Kier molecular flexibility index (Phi) is 4.37. The summed E-state index contributed by atoms with van der Waals surface area (Å²) in [4.78, 5) is 14.8. The second kappa shape index (κ2) is 6.01. The maximum Gasteiger partial charge on any atom is 0.254 e. The van der Waals surface area contributed by atoms with Crippen molar-refractivity contribution in [2.75, 3.05) is 26.8 Å². The van der Waals surface area contributed by atoms with Crippen molar-refractivity contribution < 1.29 is 14.6 Å². The number of nitrogens with zero attached hydrogens (tertiary/aromatic N) is 1. The van der Waals surface area contributed by atoms with Crippen molar-refractivity contribution in [3.8, 4) is 11.8 Å². The predicted molar refractivity (Wildman–Crippen MR) is 69.6 cm³/mol. The number of carbonyl (C=O) groups excluding carboxylic acids is 1. The lowest BCUT2D eigenvalue weighted by Gasteiger charge is -2.14. The number of amides is 1. The molecular formula is C13H15NO3S. The number of rotatable bonds is 2. The quantitative estimate of drug-likeness (QED) is 0.810. The molecule has 1 fully saturated rings. The molecule has 1 aliphatic rings. The highest BCUT2D eigenvalue weighted by Crippen LogP contribution is 2.19. The van der Waals surface area contributed by atoms with Gasteiger partial charge in [0.15, 0.2) is 0 Å². The van der Waals surface area contributed by atoms with E-state index < -0.39 is 0 Å². The van der Waals surface area contributed by atoms with Gasteiger partial charge in [-0.1, -0.05) is 11.8 Å². The summed E-state index contributed by atoms with van der Waals surface area (Å²) in [6.07, 6.45) is 1.05. The average Bonchev–Trinajstić information content (AvgIpc) is 3.04. The van der Waals surface area contributed by atoms with Crippen molar-refractivity contribution in [3.63, 3.8) is 0 Å². The SMILES string of the molecule is COC1CCN(C(=O)c2csc(C#CCO)c2)C1. The van der Waals surface area contributed by atoms with Gasteiger partial charge in [-0.25, -0.2) is 0 Å². The Morgan fingerprint density at radius 3 is 3.22 bits per heavy atom. The number of aliphatic hydroxyl groups excluding tert-OH is 1. The molecule has 0 aromatic carbocycles. The number of likely N-dealkylation sites (tertiary alicyclic amines) is 1. The second-order valence-electron chi connectivity index (χ2n) is 4.06. The Balaban J connectivity index is 2.03. The monoisotopic (exact) mass is 265 g/mol. The van der Waals surface area contributed by atoms with Crippen molar-refractivity contribution in [2.45, 2.75) is 12.5 Å². The second-order valence-corrected chi connectivity index (χ2v) is 4.97. The van der Waals surface area contributed by atoms with Gasteiger partial charge in [0.05, 0.1) is 16.5 Å².